The molecule has 0 bridgehead atoms. The Morgan fingerprint density at radius 2 is 0.984 bits per heavy atom. The highest BCUT2D eigenvalue weighted by Crippen LogP contribution is 2.43. The second-order valence-electron chi connectivity index (χ2n) is 15.8. The zero-order valence-corrected chi connectivity index (χ0v) is 34.4. The fourth-order valence-electron chi connectivity index (χ4n) is 9.18. The molecule has 0 aliphatic rings. The minimum Gasteiger partial charge on any atom is -0.454 e. The van der Waals surface area contributed by atoms with Gasteiger partial charge in [-0.15, -0.1) is 11.3 Å². The standard InChI is InChI=1S/C56H33N5OS/c1-3-12-34(13-4-1)35-22-24-37(25-23-35)55-58-54(36-14-5-2-6-15-36)59-56(60-55)45-32-57-33-51-52(45)44-31-39(27-29-50(44)63-51)38-26-28-47-43(30-38)40-16-7-9-19-46(40)61(47)48-20-11-18-42-41-17-8-10-21-49(41)62-53(42)48/h1-33H. The van der Waals surface area contributed by atoms with E-state index in [9.17, 15) is 0 Å². The maximum absolute atomic E-state index is 6.55. The Kier molecular flexibility index (Phi) is 7.98. The highest BCUT2D eigenvalue weighted by molar-refractivity contribution is 7.25. The van der Waals surface area contributed by atoms with Crippen LogP contribution in [0.4, 0.5) is 0 Å². The number of furan rings is 1. The second kappa shape index (κ2) is 14.2. The number of para-hydroxylation sites is 3. The highest BCUT2D eigenvalue weighted by atomic mass is 32.1. The van der Waals surface area contributed by atoms with Crippen molar-refractivity contribution < 1.29 is 4.42 Å². The number of thiophene rings is 1. The Morgan fingerprint density at radius 1 is 0.397 bits per heavy atom. The maximum atomic E-state index is 6.55. The van der Waals surface area contributed by atoms with Gasteiger partial charge < -0.3 is 8.98 Å². The molecule has 5 aromatic heterocycles. The number of benzene rings is 8. The van der Waals surface area contributed by atoms with E-state index in [2.05, 4.69) is 144 Å². The van der Waals surface area contributed by atoms with Gasteiger partial charge in [0.1, 0.15) is 5.58 Å². The predicted molar refractivity (Wildman–Crippen MR) is 259 cm³/mol. The van der Waals surface area contributed by atoms with Gasteiger partial charge in [0.2, 0.25) is 0 Å². The van der Waals surface area contributed by atoms with Crippen LogP contribution in [0.5, 0.6) is 0 Å². The van der Waals surface area contributed by atoms with Crippen LogP contribution in [0.25, 0.3) is 126 Å². The summed E-state index contributed by atoms with van der Waals surface area (Å²) in [5.41, 5.74) is 12.3. The van der Waals surface area contributed by atoms with Gasteiger partial charge in [-0.2, -0.15) is 0 Å². The summed E-state index contributed by atoms with van der Waals surface area (Å²) in [7, 11) is 0. The van der Waals surface area contributed by atoms with Crippen LogP contribution in [0, 0.1) is 0 Å². The number of rotatable bonds is 6. The Morgan fingerprint density at radius 3 is 1.79 bits per heavy atom. The zero-order valence-electron chi connectivity index (χ0n) is 33.6. The van der Waals surface area contributed by atoms with Gasteiger partial charge in [0.25, 0.3) is 0 Å². The lowest BCUT2D eigenvalue weighted by molar-refractivity contribution is 0.666. The van der Waals surface area contributed by atoms with E-state index in [4.69, 9.17) is 24.4 Å². The van der Waals surface area contributed by atoms with Gasteiger partial charge in [0, 0.05) is 66.1 Å². The van der Waals surface area contributed by atoms with Gasteiger partial charge in [0.15, 0.2) is 23.1 Å². The fourth-order valence-corrected chi connectivity index (χ4v) is 10.3. The fraction of sp³-hybridized carbons (Fsp3) is 0. The number of nitrogens with zero attached hydrogens (tertiary/aromatic N) is 5. The van der Waals surface area contributed by atoms with Crippen LogP contribution in [0.2, 0.25) is 0 Å². The second-order valence-corrected chi connectivity index (χ2v) is 16.9. The Hall–Kier alpha value is -8.26. The minimum atomic E-state index is 0.586. The van der Waals surface area contributed by atoms with Crippen molar-refractivity contribution >= 4 is 75.3 Å². The van der Waals surface area contributed by atoms with Crippen molar-refractivity contribution in [2.75, 3.05) is 0 Å². The van der Waals surface area contributed by atoms with Crippen molar-refractivity contribution in [2.45, 2.75) is 0 Å². The largest absolute Gasteiger partial charge is 0.454 e. The number of aromatic nitrogens is 5. The molecule has 0 radical (unpaired) electrons. The molecular formula is C56H33N5OS. The summed E-state index contributed by atoms with van der Waals surface area (Å²) in [6.45, 7) is 0. The maximum Gasteiger partial charge on any atom is 0.166 e. The molecule has 294 valence electrons. The molecule has 0 aliphatic carbocycles. The summed E-state index contributed by atoms with van der Waals surface area (Å²) in [6.07, 6.45) is 3.85. The van der Waals surface area contributed by atoms with Crippen molar-refractivity contribution in [1.82, 2.24) is 24.5 Å². The molecule has 0 amide bonds. The Bertz CT molecular complexity index is 3910. The van der Waals surface area contributed by atoms with E-state index in [1.54, 1.807) is 11.3 Å². The van der Waals surface area contributed by atoms with Gasteiger partial charge >= 0.3 is 0 Å². The summed E-state index contributed by atoms with van der Waals surface area (Å²) in [5.74, 6) is 1.81. The molecule has 0 fully saturated rings. The monoisotopic (exact) mass is 823 g/mol. The number of fused-ring (bicyclic) bond motifs is 9. The van der Waals surface area contributed by atoms with Crippen LogP contribution in [0.3, 0.4) is 0 Å². The first-order valence-electron chi connectivity index (χ1n) is 20.9. The van der Waals surface area contributed by atoms with Crippen molar-refractivity contribution in [3.05, 3.63) is 200 Å². The van der Waals surface area contributed by atoms with Gasteiger partial charge in [0.05, 0.1) is 21.4 Å². The molecule has 8 aromatic carbocycles. The molecule has 13 rings (SSSR count). The van der Waals surface area contributed by atoms with Crippen LogP contribution in [-0.2, 0) is 0 Å². The summed E-state index contributed by atoms with van der Waals surface area (Å²) in [5, 5.41) is 6.82. The molecule has 0 saturated heterocycles. The number of hydrogen-bond donors (Lipinski definition) is 0. The molecule has 0 N–H and O–H groups in total. The normalized spacial score (nSPS) is 11.8. The van der Waals surface area contributed by atoms with E-state index in [1.165, 1.54) is 15.5 Å². The van der Waals surface area contributed by atoms with E-state index in [0.717, 1.165) is 93.1 Å². The van der Waals surface area contributed by atoms with Crippen LogP contribution >= 0.6 is 11.3 Å². The lowest BCUT2D eigenvalue weighted by Crippen LogP contribution is -2.00. The summed E-state index contributed by atoms with van der Waals surface area (Å²) < 4.78 is 11.1. The van der Waals surface area contributed by atoms with Crippen LogP contribution in [0.15, 0.2) is 205 Å². The third-order valence-corrected chi connectivity index (χ3v) is 13.3. The SMILES string of the molecule is c1ccc(-c2ccc(-c3nc(-c4ccccc4)nc(-c4cncc5sc6ccc(-c7ccc8c(c7)c7ccccc7n8-c7cccc8c7oc7ccccc78)cc6c45)n3)cc2)cc1. The minimum absolute atomic E-state index is 0.586. The first-order valence-corrected chi connectivity index (χ1v) is 21.8. The van der Waals surface area contributed by atoms with Crippen LogP contribution in [0.1, 0.15) is 0 Å². The molecule has 0 atom stereocenters. The molecule has 7 heteroatoms. The van der Waals surface area contributed by atoms with Crippen molar-refractivity contribution in [3.8, 4) is 62.1 Å². The molecule has 0 saturated carbocycles. The molecular weight excluding hydrogens is 791 g/mol. The highest BCUT2D eigenvalue weighted by Gasteiger charge is 2.21. The number of hydrogen-bond acceptors (Lipinski definition) is 6. The molecule has 5 heterocycles. The average Bonchev–Trinajstić information content (AvgIpc) is 4.04. The van der Waals surface area contributed by atoms with Gasteiger partial charge in [-0.05, 0) is 64.7 Å². The smallest absolute Gasteiger partial charge is 0.166 e. The average molecular weight is 824 g/mol. The van der Waals surface area contributed by atoms with Crippen LogP contribution in [-0.4, -0.2) is 24.5 Å². The zero-order chi connectivity index (χ0) is 41.4. The first-order chi connectivity index (χ1) is 31.2. The van der Waals surface area contributed by atoms with E-state index < -0.39 is 0 Å². The molecule has 0 aliphatic heterocycles. The predicted octanol–water partition coefficient (Wildman–Crippen LogP) is 15.0. The Balaban J connectivity index is 0.958. The lowest BCUT2D eigenvalue weighted by atomic mass is 9.99. The lowest BCUT2D eigenvalue weighted by Gasteiger charge is -2.10. The Labute approximate surface area is 365 Å². The third kappa shape index (κ3) is 5.78. The van der Waals surface area contributed by atoms with Gasteiger partial charge in [-0.3, -0.25) is 4.98 Å². The number of pyridine rings is 1. The topological polar surface area (TPSA) is 69.6 Å². The first kappa shape index (κ1) is 35.5. The molecule has 0 unspecified atom stereocenters. The van der Waals surface area contributed by atoms with E-state index in [1.807, 2.05) is 60.9 Å². The van der Waals surface area contributed by atoms with Crippen molar-refractivity contribution in [3.63, 3.8) is 0 Å². The van der Waals surface area contributed by atoms with Crippen molar-refractivity contribution in [2.24, 2.45) is 0 Å². The summed E-state index contributed by atoms with van der Waals surface area (Å²) in [4.78, 5) is 20.1. The van der Waals surface area contributed by atoms with E-state index >= 15 is 0 Å². The molecule has 0 spiro atoms. The molecule has 6 nitrogen and oxygen atoms in total. The summed E-state index contributed by atoms with van der Waals surface area (Å²) >= 11 is 1.74. The van der Waals surface area contributed by atoms with Gasteiger partial charge in [-0.25, -0.2) is 15.0 Å². The molecule has 13 aromatic rings. The van der Waals surface area contributed by atoms with Crippen molar-refractivity contribution in [1.29, 1.82) is 0 Å². The third-order valence-electron chi connectivity index (χ3n) is 12.2. The molecule has 63 heavy (non-hydrogen) atoms. The van der Waals surface area contributed by atoms with Crippen LogP contribution < -0.4 is 0 Å². The quantitative estimate of drug-likeness (QED) is 0.167. The van der Waals surface area contributed by atoms with Gasteiger partial charge in [-0.1, -0.05) is 146 Å². The summed E-state index contributed by atoms with van der Waals surface area (Å²) in [6, 6.07) is 65.9. The van der Waals surface area contributed by atoms with E-state index in [0.29, 0.717) is 17.5 Å². The van der Waals surface area contributed by atoms with E-state index in [-0.39, 0.29) is 0 Å².